The van der Waals surface area contributed by atoms with Crippen LogP contribution in [0.3, 0.4) is 0 Å². The van der Waals surface area contributed by atoms with E-state index < -0.39 is 0 Å². The number of fused-ring (bicyclic) bond motifs is 1. The van der Waals surface area contributed by atoms with Gasteiger partial charge in [0.15, 0.2) is 0 Å². The summed E-state index contributed by atoms with van der Waals surface area (Å²) in [5.74, 6) is 0.0762. The van der Waals surface area contributed by atoms with Crippen LogP contribution in [0.25, 0.3) is 5.65 Å². The molecule has 140 valence electrons. The Labute approximate surface area is 157 Å². The Morgan fingerprint density at radius 1 is 1.11 bits per heavy atom. The molecule has 7 nitrogen and oxygen atoms in total. The number of hydrogen-bond acceptors (Lipinski definition) is 4. The van der Waals surface area contributed by atoms with Crippen molar-refractivity contribution in [3.63, 3.8) is 0 Å². The molecule has 0 unspecified atom stereocenters. The third kappa shape index (κ3) is 3.38. The summed E-state index contributed by atoms with van der Waals surface area (Å²) in [4.78, 5) is 33.7. The van der Waals surface area contributed by atoms with Crippen molar-refractivity contribution in [1.82, 2.24) is 23.8 Å². The zero-order chi connectivity index (χ0) is 19.0. The molecular weight excluding hydrogens is 342 g/mol. The predicted molar refractivity (Wildman–Crippen MR) is 103 cm³/mol. The number of hydrogen-bond donors (Lipinski definition) is 0. The van der Waals surface area contributed by atoms with Gasteiger partial charge in [0.2, 0.25) is 0 Å². The summed E-state index contributed by atoms with van der Waals surface area (Å²) in [6.45, 7) is 5.50. The van der Waals surface area contributed by atoms with E-state index in [9.17, 15) is 9.59 Å². The standard InChI is InChI=1S/C20H23N5O2/c1-15-6-7-17(22(15)2)20(27)24-11-9-23(10-12-24)14-16-13-19(26)25-8-4-3-5-18(25)21-16/h3-8,13H,9-12,14H2,1-2H3. The van der Waals surface area contributed by atoms with Gasteiger partial charge in [0, 0.05) is 57.7 Å². The Bertz CT molecular complexity index is 1040. The molecule has 0 atom stereocenters. The van der Waals surface area contributed by atoms with Crippen molar-refractivity contribution >= 4 is 11.6 Å². The third-order valence-corrected chi connectivity index (χ3v) is 5.26. The highest BCUT2D eigenvalue weighted by atomic mass is 16.2. The summed E-state index contributed by atoms with van der Waals surface area (Å²) in [7, 11) is 1.92. The summed E-state index contributed by atoms with van der Waals surface area (Å²) in [5.41, 5.74) is 3.16. The number of nitrogens with zero attached hydrogens (tertiary/aromatic N) is 5. The first-order chi connectivity index (χ1) is 13.0. The van der Waals surface area contributed by atoms with Crippen molar-refractivity contribution in [1.29, 1.82) is 0 Å². The maximum Gasteiger partial charge on any atom is 0.270 e. The number of aromatic nitrogens is 3. The number of amides is 1. The molecule has 27 heavy (non-hydrogen) atoms. The molecule has 1 saturated heterocycles. The zero-order valence-electron chi connectivity index (χ0n) is 15.6. The van der Waals surface area contributed by atoms with Gasteiger partial charge in [-0.15, -0.1) is 0 Å². The first-order valence-electron chi connectivity index (χ1n) is 9.14. The second-order valence-corrected chi connectivity index (χ2v) is 7.00. The summed E-state index contributed by atoms with van der Waals surface area (Å²) in [6, 6.07) is 11.0. The van der Waals surface area contributed by atoms with Gasteiger partial charge in [0.1, 0.15) is 11.3 Å². The number of pyridine rings is 1. The SMILES string of the molecule is Cc1ccc(C(=O)N2CCN(Cc3cc(=O)n4ccccc4n3)CC2)n1C. The Kier molecular flexibility index (Phi) is 4.53. The first kappa shape index (κ1) is 17.5. The second-order valence-electron chi connectivity index (χ2n) is 7.00. The molecule has 0 saturated carbocycles. The molecule has 1 aliphatic rings. The minimum Gasteiger partial charge on any atom is -0.344 e. The minimum absolute atomic E-state index is 0.0662. The zero-order valence-corrected chi connectivity index (χ0v) is 15.6. The Morgan fingerprint density at radius 2 is 1.89 bits per heavy atom. The van der Waals surface area contributed by atoms with Crippen LogP contribution in [0.5, 0.6) is 0 Å². The number of carbonyl (C=O) groups excluding carboxylic acids is 1. The highest BCUT2D eigenvalue weighted by Gasteiger charge is 2.24. The van der Waals surface area contributed by atoms with Gasteiger partial charge in [-0.2, -0.15) is 0 Å². The molecule has 0 spiro atoms. The van der Waals surface area contributed by atoms with Crippen LogP contribution >= 0.6 is 0 Å². The average molecular weight is 365 g/mol. The van der Waals surface area contributed by atoms with E-state index in [1.54, 1.807) is 16.7 Å². The van der Waals surface area contributed by atoms with Crippen LogP contribution in [0.1, 0.15) is 21.9 Å². The smallest absolute Gasteiger partial charge is 0.270 e. The summed E-state index contributed by atoms with van der Waals surface area (Å²) < 4.78 is 3.48. The van der Waals surface area contributed by atoms with E-state index in [0.717, 1.165) is 30.2 Å². The lowest BCUT2D eigenvalue weighted by atomic mass is 10.2. The maximum atomic E-state index is 12.7. The maximum absolute atomic E-state index is 12.7. The predicted octanol–water partition coefficient (Wildman–Crippen LogP) is 1.30. The van der Waals surface area contributed by atoms with E-state index >= 15 is 0 Å². The Balaban J connectivity index is 1.42. The molecule has 1 aliphatic heterocycles. The van der Waals surface area contributed by atoms with Crippen LogP contribution in [0.2, 0.25) is 0 Å². The highest BCUT2D eigenvalue weighted by Crippen LogP contribution is 2.13. The van der Waals surface area contributed by atoms with Crippen molar-refractivity contribution in [2.24, 2.45) is 7.05 Å². The van der Waals surface area contributed by atoms with Crippen LogP contribution < -0.4 is 5.56 Å². The monoisotopic (exact) mass is 365 g/mol. The van der Waals surface area contributed by atoms with E-state index in [-0.39, 0.29) is 11.5 Å². The minimum atomic E-state index is -0.0662. The largest absolute Gasteiger partial charge is 0.344 e. The highest BCUT2D eigenvalue weighted by molar-refractivity contribution is 5.93. The van der Waals surface area contributed by atoms with E-state index in [1.807, 2.05) is 53.8 Å². The van der Waals surface area contributed by atoms with Crippen molar-refractivity contribution in [2.75, 3.05) is 26.2 Å². The van der Waals surface area contributed by atoms with Crippen LogP contribution in [-0.4, -0.2) is 55.8 Å². The van der Waals surface area contributed by atoms with Crippen molar-refractivity contribution in [2.45, 2.75) is 13.5 Å². The topological polar surface area (TPSA) is 62.9 Å². The fourth-order valence-electron chi connectivity index (χ4n) is 3.51. The molecule has 0 radical (unpaired) electrons. The van der Waals surface area contributed by atoms with Gasteiger partial charge in [0.05, 0.1) is 5.69 Å². The second kappa shape index (κ2) is 7.00. The van der Waals surface area contributed by atoms with Crippen LogP contribution in [0.15, 0.2) is 47.4 Å². The van der Waals surface area contributed by atoms with Crippen LogP contribution in [0.4, 0.5) is 0 Å². The fraction of sp³-hybridized carbons (Fsp3) is 0.350. The lowest BCUT2D eigenvalue weighted by Gasteiger charge is -2.34. The fourth-order valence-corrected chi connectivity index (χ4v) is 3.51. The third-order valence-electron chi connectivity index (χ3n) is 5.26. The van der Waals surface area contributed by atoms with Crippen molar-refractivity contribution in [3.05, 3.63) is 70.0 Å². The molecule has 1 amide bonds. The van der Waals surface area contributed by atoms with Gasteiger partial charge in [-0.3, -0.25) is 18.9 Å². The lowest BCUT2D eigenvalue weighted by Crippen LogP contribution is -2.48. The van der Waals surface area contributed by atoms with E-state index in [1.165, 1.54) is 0 Å². The molecular formula is C20H23N5O2. The van der Waals surface area contributed by atoms with Gasteiger partial charge >= 0.3 is 0 Å². The molecule has 0 aromatic carbocycles. The Hall–Kier alpha value is -2.93. The molecule has 7 heteroatoms. The molecule has 0 bridgehead atoms. The molecule has 4 heterocycles. The van der Waals surface area contributed by atoms with E-state index in [4.69, 9.17) is 0 Å². The van der Waals surface area contributed by atoms with Gasteiger partial charge in [-0.1, -0.05) is 6.07 Å². The molecule has 0 N–H and O–H groups in total. The normalized spacial score (nSPS) is 15.4. The van der Waals surface area contributed by atoms with Crippen LogP contribution in [-0.2, 0) is 13.6 Å². The summed E-state index contributed by atoms with van der Waals surface area (Å²) >= 11 is 0. The Morgan fingerprint density at radius 3 is 2.59 bits per heavy atom. The number of rotatable bonds is 3. The van der Waals surface area contributed by atoms with Gasteiger partial charge in [0.25, 0.3) is 11.5 Å². The summed E-state index contributed by atoms with van der Waals surface area (Å²) in [5, 5.41) is 0. The van der Waals surface area contributed by atoms with Gasteiger partial charge in [-0.25, -0.2) is 4.98 Å². The average Bonchev–Trinajstić information content (AvgIpc) is 3.01. The molecule has 0 aliphatic carbocycles. The van der Waals surface area contributed by atoms with E-state index in [2.05, 4.69) is 9.88 Å². The van der Waals surface area contributed by atoms with E-state index in [0.29, 0.717) is 25.3 Å². The molecule has 3 aromatic heterocycles. The first-order valence-corrected chi connectivity index (χ1v) is 9.14. The quantitative estimate of drug-likeness (QED) is 0.702. The lowest BCUT2D eigenvalue weighted by molar-refractivity contribution is 0.0617. The molecule has 1 fully saturated rings. The number of aryl methyl sites for hydroxylation is 1. The van der Waals surface area contributed by atoms with Crippen molar-refractivity contribution in [3.8, 4) is 0 Å². The molecule has 4 rings (SSSR count). The summed E-state index contributed by atoms with van der Waals surface area (Å²) in [6.07, 6.45) is 1.73. The molecule has 3 aromatic rings. The van der Waals surface area contributed by atoms with Crippen molar-refractivity contribution < 1.29 is 4.79 Å². The van der Waals surface area contributed by atoms with Gasteiger partial charge in [-0.05, 0) is 31.2 Å². The number of carbonyl (C=O) groups is 1. The van der Waals surface area contributed by atoms with Crippen LogP contribution in [0, 0.1) is 6.92 Å². The number of piperazine rings is 1. The van der Waals surface area contributed by atoms with Gasteiger partial charge < -0.3 is 9.47 Å².